The zero-order chi connectivity index (χ0) is 21.0. The Morgan fingerprint density at radius 3 is 2.45 bits per heavy atom. The van der Waals surface area contributed by atoms with E-state index in [0.29, 0.717) is 11.3 Å². The van der Waals surface area contributed by atoms with Crippen molar-refractivity contribution in [1.82, 2.24) is 0 Å². The molecule has 2 atom stereocenters. The highest BCUT2D eigenvalue weighted by molar-refractivity contribution is 7.99. The molecule has 2 aromatic rings. The molecule has 3 rings (SSSR count). The molecule has 2 aromatic carbocycles. The molecule has 1 heterocycles. The average Bonchev–Trinajstić information content (AvgIpc) is 2.73. The number of hydrogen-bond acceptors (Lipinski definition) is 6. The van der Waals surface area contributed by atoms with Gasteiger partial charge in [0.15, 0.2) is 0 Å². The zero-order valence-corrected chi connectivity index (χ0v) is 17.0. The standard InChI is InChI=1S/C22H20N4O2S/c1-25(2)17-9-7-15(8-10-17)19(13-26(27)28)20-14-29-21-6-4-3-5-18(21)22(20)16(11-23)12-24/h3-10,19-20H,13-14H2,1-2H3/t19?,20-/m0/s1. The lowest BCUT2D eigenvalue weighted by Crippen LogP contribution is -2.27. The molecule has 0 saturated carbocycles. The number of thioether (sulfide) groups is 1. The number of nitriles is 2. The molecule has 1 aliphatic rings. The molecule has 0 bridgehead atoms. The Bertz CT molecular complexity index is 1020. The van der Waals surface area contributed by atoms with Crippen LogP contribution in [0.25, 0.3) is 5.57 Å². The van der Waals surface area contributed by atoms with Crippen LogP contribution >= 0.6 is 11.8 Å². The van der Waals surface area contributed by atoms with Crippen LogP contribution in [0.4, 0.5) is 5.69 Å². The van der Waals surface area contributed by atoms with Crippen molar-refractivity contribution in [3.63, 3.8) is 0 Å². The summed E-state index contributed by atoms with van der Waals surface area (Å²) in [6.07, 6.45) is 0. The molecule has 0 N–H and O–H groups in total. The van der Waals surface area contributed by atoms with Gasteiger partial charge in [-0.1, -0.05) is 30.3 Å². The summed E-state index contributed by atoms with van der Waals surface area (Å²) in [7, 11) is 3.87. The highest BCUT2D eigenvalue weighted by Gasteiger charge is 2.36. The average molecular weight is 404 g/mol. The lowest BCUT2D eigenvalue weighted by atomic mass is 9.77. The molecule has 0 radical (unpaired) electrons. The zero-order valence-electron chi connectivity index (χ0n) is 16.2. The Kier molecular flexibility index (Phi) is 6.21. The monoisotopic (exact) mass is 404 g/mol. The van der Waals surface area contributed by atoms with Crippen molar-refractivity contribution in [1.29, 1.82) is 10.5 Å². The lowest BCUT2D eigenvalue weighted by Gasteiger charge is -2.32. The van der Waals surface area contributed by atoms with Crippen LogP contribution in [-0.2, 0) is 0 Å². The highest BCUT2D eigenvalue weighted by Crippen LogP contribution is 2.47. The maximum absolute atomic E-state index is 11.5. The maximum Gasteiger partial charge on any atom is 0.211 e. The molecule has 29 heavy (non-hydrogen) atoms. The number of allylic oxidation sites excluding steroid dienone is 2. The van der Waals surface area contributed by atoms with E-state index in [1.165, 1.54) is 0 Å². The fourth-order valence-electron chi connectivity index (χ4n) is 3.71. The first-order valence-electron chi connectivity index (χ1n) is 9.12. The van der Waals surface area contributed by atoms with Gasteiger partial charge in [-0.25, -0.2) is 0 Å². The Morgan fingerprint density at radius 2 is 1.86 bits per heavy atom. The van der Waals surface area contributed by atoms with Gasteiger partial charge < -0.3 is 4.90 Å². The molecular formula is C22H20N4O2S. The van der Waals surface area contributed by atoms with Gasteiger partial charge in [0.05, 0.1) is 5.92 Å². The normalized spacial score (nSPS) is 16.1. The van der Waals surface area contributed by atoms with Crippen LogP contribution in [0.15, 0.2) is 59.0 Å². The number of anilines is 1. The molecule has 7 heteroatoms. The van der Waals surface area contributed by atoms with Crippen molar-refractivity contribution in [3.8, 4) is 12.1 Å². The Hall–Kier alpha value is -3.29. The van der Waals surface area contributed by atoms with E-state index in [-0.39, 0.29) is 23.0 Å². The van der Waals surface area contributed by atoms with E-state index in [1.807, 2.05) is 79.7 Å². The summed E-state index contributed by atoms with van der Waals surface area (Å²) in [5.41, 5.74) is 3.31. The van der Waals surface area contributed by atoms with E-state index in [9.17, 15) is 20.6 Å². The van der Waals surface area contributed by atoms with Gasteiger partial charge in [-0.3, -0.25) is 10.1 Å². The predicted molar refractivity (Wildman–Crippen MR) is 114 cm³/mol. The minimum absolute atomic E-state index is 0.0287. The number of benzene rings is 2. The second-order valence-corrected chi connectivity index (χ2v) is 8.10. The van der Waals surface area contributed by atoms with Gasteiger partial charge in [0.2, 0.25) is 6.54 Å². The molecule has 0 spiro atoms. The highest BCUT2D eigenvalue weighted by atomic mass is 32.2. The third kappa shape index (κ3) is 4.26. The second kappa shape index (κ2) is 8.81. The fourth-order valence-corrected chi connectivity index (χ4v) is 4.97. The van der Waals surface area contributed by atoms with Crippen molar-refractivity contribution in [2.45, 2.75) is 10.8 Å². The molecule has 6 nitrogen and oxygen atoms in total. The molecule has 1 unspecified atom stereocenters. The minimum atomic E-state index is -0.436. The molecule has 1 aliphatic heterocycles. The van der Waals surface area contributed by atoms with E-state index in [2.05, 4.69) is 0 Å². The third-order valence-electron chi connectivity index (χ3n) is 5.13. The van der Waals surface area contributed by atoms with Gasteiger partial charge in [-0.15, -0.1) is 11.8 Å². The van der Waals surface area contributed by atoms with E-state index in [4.69, 9.17) is 0 Å². The summed E-state index contributed by atoms with van der Waals surface area (Å²) in [5, 5.41) is 30.7. The van der Waals surface area contributed by atoms with Gasteiger partial charge in [-0.2, -0.15) is 10.5 Å². The summed E-state index contributed by atoms with van der Waals surface area (Å²) in [6.45, 7) is -0.262. The van der Waals surface area contributed by atoms with E-state index >= 15 is 0 Å². The predicted octanol–water partition coefficient (Wildman–Crippen LogP) is 4.34. The first kappa shape index (κ1) is 20.4. The number of hydrogen-bond donors (Lipinski definition) is 0. The molecule has 0 fully saturated rings. The summed E-state index contributed by atoms with van der Waals surface area (Å²) in [4.78, 5) is 14.1. The Morgan fingerprint density at radius 1 is 1.21 bits per heavy atom. The number of nitrogens with zero attached hydrogens (tertiary/aromatic N) is 4. The summed E-state index contributed by atoms with van der Waals surface area (Å²) in [5.74, 6) is -0.166. The van der Waals surface area contributed by atoms with Crippen molar-refractivity contribution in [3.05, 3.63) is 75.3 Å². The van der Waals surface area contributed by atoms with Crippen molar-refractivity contribution in [2.24, 2.45) is 5.92 Å². The lowest BCUT2D eigenvalue weighted by molar-refractivity contribution is -0.484. The van der Waals surface area contributed by atoms with Crippen molar-refractivity contribution >= 4 is 23.0 Å². The molecule has 146 valence electrons. The van der Waals surface area contributed by atoms with Crippen LogP contribution in [0, 0.1) is 38.7 Å². The van der Waals surface area contributed by atoms with Gasteiger partial charge in [0.25, 0.3) is 0 Å². The van der Waals surface area contributed by atoms with Gasteiger partial charge >= 0.3 is 0 Å². The fraction of sp³-hybridized carbons (Fsp3) is 0.273. The number of nitro groups is 1. The second-order valence-electron chi connectivity index (χ2n) is 7.03. The number of rotatable bonds is 5. The summed E-state index contributed by atoms with van der Waals surface area (Å²) < 4.78 is 0. The van der Waals surface area contributed by atoms with Crippen LogP contribution in [0.1, 0.15) is 17.0 Å². The smallest absolute Gasteiger partial charge is 0.211 e. The number of fused-ring (bicyclic) bond motifs is 1. The largest absolute Gasteiger partial charge is 0.378 e. The van der Waals surface area contributed by atoms with Gasteiger partial charge in [-0.05, 0) is 34.9 Å². The van der Waals surface area contributed by atoms with E-state index in [1.54, 1.807) is 11.8 Å². The SMILES string of the molecule is CN(C)c1ccc(C(C[N+](=O)[O-])[C@@H]2CSc3ccccc3C2=C(C#N)C#N)cc1. The van der Waals surface area contributed by atoms with Crippen LogP contribution < -0.4 is 4.90 Å². The van der Waals surface area contributed by atoms with Crippen molar-refractivity contribution in [2.75, 3.05) is 31.3 Å². The van der Waals surface area contributed by atoms with Crippen molar-refractivity contribution < 1.29 is 4.92 Å². The van der Waals surface area contributed by atoms with E-state index < -0.39 is 5.92 Å². The molecule has 0 saturated heterocycles. The van der Waals surface area contributed by atoms with Gasteiger partial charge in [0, 0.05) is 41.3 Å². The maximum atomic E-state index is 11.5. The molecular weight excluding hydrogens is 384 g/mol. The van der Waals surface area contributed by atoms with Crippen LogP contribution in [0.5, 0.6) is 0 Å². The Balaban J connectivity index is 2.14. The summed E-state index contributed by atoms with van der Waals surface area (Å²) >= 11 is 1.61. The van der Waals surface area contributed by atoms with Crippen LogP contribution in [0.3, 0.4) is 0 Å². The van der Waals surface area contributed by atoms with E-state index in [0.717, 1.165) is 21.7 Å². The van der Waals surface area contributed by atoms with Crippen LogP contribution in [0.2, 0.25) is 0 Å². The first-order valence-corrected chi connectivity index (χ1v) is 10.1. The Labute approximate surface area is 174 Å². The van der Waals surface area contributed by atoms with Crippen LogP contribution in [-0.4, -0.2) is 31.3 Å². The first-order chi connectivity index (χ1) is 14.0. The third-order valence-corrected chi connectivity index (χ3v) is 6.32. The molecule has 0 amide bonds. The minimum Gasteiger partial charge on any atom is -0.378 e. The molecule has 0 aliphatic carbocycles. The topological polar surface area (TPSA) is 94.0 Å². The summed E-state index contributed by atoms with van der Waals surface area (Å²) in [6, 6.07) is 19.3. The molecule has 0 aromatic heterocycles. The van der Waals surface area contributed by atoms with Gasteiger partial charge in [0.1, 0.15) is 17.7 Å². The quantitative estimate of drug-likeness (QED) is 0.418.